The van der Waals surface area contributed by atoms with Crippen LogP contribution in [-0.2, 0) is 0 Å². The highest BCUT2D eigenvalue weighted by molar-refractivity contribution is 8.00. The molecule has 1 aliphatic carbocycles. The van der Waals surface area contributed by atoms with Crippen LogP contribution in [0.15, 0.2) is 12.4 Å². The maximum Gasteiger partial charge on any atom is 0.158 e. The van der Waals surface area contributed by atoms with Crippen LogP contribution in [0.3, 0.4) is 0 Å². The third-order valence-electron chi connectivity index (χ3n) is 3.31. The second kappa shape index (κ2) is 5.37. The van der Waals surface area contributed by atoms with Gasteiger partial charge in [0.05, 0.1) is 12.4 Å². The van der Waals surface area contributed by atoms with Crippen LogP contribution in [0, 0.1) is 11.3 Å². The standard InChI is InChI=1S/C12H16N4S/c1-17-12(4-2-3-5-12)9-16-11-8-14-10(6-13)7-15-11/h7-8H,2-5,9H2,1H3,(H,15,16). The van der Waals surface area contributed by atoms with Crippen molar-refractivity contribution in [2.24, 2.45) is 0 Å². The Morgan fingerprint density at radius 3 is 2.71 bits per heavy atom. The van der Waals surface area contributed by atoms with Crippen molar-refractivity contribution in [3.05, 3.63) is 18.1 Å². The highest BCUT2D eigenvalue weighted by atomic mass is 32.2. The zero-order chi connectivity index (χ0) is 12.1. The molecule has 0 radical (unpaired) electrons. The van der Waals surface area contributed by atoms with Crippen molar-refractivity contribution in [1.82, 2.24) is 9.97 Å². The zero-order valence-electron chi connectivity index (χ0n) is 9.94. The number of nitrogens with zero attached hydrogens (tertiary/aromatic N) is 3. The van der Waals surface area contributed by atoms with Gasteiger partial charge in [-0.25, -0.2) is 9.97 Å². The fourth-order valence-electron chi connectivity index (χ4n) is 2.20. The van der Waals surface area contributed by atoms with Gasteiger partial charge in [0.25, 0.3) is 0 Å². The smallest absolute Gasteiger partial charge is 0.158 e. The van der Waals surface area contributed by atoms with Crippen LogP contribution in [-0.4, -0.2) is 27.5 Å². The minimum absolute atomic E-state index is 0.357. The summed E-state index contributed by atoms with van der Waals surface area (Å²) in [6.45, 7) is 0.925. The van der Waals surface area contributed by atoms with Crippen molar-refractivity contribution in [1.29, 1.82) is 5.26 Å². The van der Waals surface area contributed by atoms with Crippen LogP contribution in [0.2, 0.25) is 0 Å². The summed E-state index contributed by atoms with van der Waals surface area (Å²) in [5.74, 6) is 0.754. The molecule has 0 amide bonds. The summed E-state index contributed by atoms with van der Waals surface area (Å²) in [6.07, 6.45) is 10.5. The van der Waals surface area contributed by atoms with E-state index in [1.54, 1.807) is 6.20 Å². The number of hydrogen-bond acceptors (Lipinski definition) is 5. The third-order valence-corrected chi connectivity index (χ3v) is 4.72. The molecule has 5 heteroatoms. The molecule has 1 aromatic heterocycles. The predicted octanol–water partition coefficient (Wildman–Crippen LogP) is 2.44. The summed E-state index contributed by atoms with van der Waals surface area (Å²) in [4.78, 5) is 8.17. The average Bonchev–Trinajstić information content (AvgIpc) is 2.86. The highest BCUT2D eigenvalue weighted by Crippen LogP contribution is 2.40. The molecule has 0 saturated heterocycles. The minimum Gasteiger partial charge on any atom is -0.367 e. The lowest BCUT2D eigenvalue weighted by atomic mass is 10.1. The van der Waals surface area contributed by atoms with Crippen molar-refractivity contribution >= 4 is 17.6 Å². The number of hydrogen-bond donors (Lipinski definition) is 1. The van der Waals surface area contributed by atoms with Crippen molar-refractivity contribution in [3.8, 4) is 6.07 Å². The Labute approximate surface area is 106 Å². The van der Waals surface area contributed by atoms with Crippen LogP contribution in [0.25, 0.3) is 0 Å². The van der Waals surface area contributed by atoms with Gasteiger partial charge in [-0.15, -0.1) is 0 Å². The molecule has 0 bridgehead atoms. The third kappa shape index (κ3) is 2.89. The van der Waals surface area contributed by atoms with Gasteiger partial charge in [0.15, 0.2) is 5.69 Å². The number of rotatable bonds is 4. The van der Waals surface area contributed by atoms with E-state index in [1.807, 2.05) is 17.8 Å². The molecule has 1 saturated carbocycles. The first-order valence-corrected chi connectivity index (χ1v) is 7.02. The maximum atomic E-state index is 8.63. The van der Waals surface area contributed by atoms with E-state index in [4.69, 9.17) is 5.26 Å². The number of thioether (sulfide) groups is 1. The van der Waals surface area contributed by atoms with Crippen molar-refractivity contribution in [3.63, 3.8) is 0 Å². The van der Waals surface area contributed by atoms with E-state index in [1.165, 1.54) is 31.9 Å². The molecule has 1 fully saturated rings. The van der Waals surface area contributed by atoms with Gasteiger partial charge in [-0.2, -0.15) is 17.0 Å². The van der Waals surface area contributed by atoms with Gasteiger partial charge in [0, 0.05) is 11.3 Å². The lowest BCUT2D eigenvalue weighted by Gasteiger charge is -2.27. The second-order valence-corrected chi connectivity index (χ2v) is 5.62. The van der Waals surface area contributed by atoms with Crippen molar-refractivity contribution < 1.29 is 0 Å². The van der Waals surface area contributed by atoms with Gasteiger partial charge >= 0.3 is 0 Å². The normalized spacial score (nSPS) is 17.6. The van der Waals surface area contributed by atoms with Crippen LogP contribution >= 0.6 is 11.8 Å². The first-order valence-electron chi connectivity index (χ1n) is 5.79. The van der Waals surface area contributed by atoms with Gasteiger partial charge in [0.1, 0.15) is 11.9 Å². The molecule has 1 N–H and O–H groups in total. The molecule has 0 spiro atoms. The van der Waals surface area contributed by atoms with Gasteiger partial charge in [-0.05, 0) is 19.1 Å². The van der Waals surface area contributed by atoms with Crippen LogP contribution in [0.4, 0.5) is 5.82 Å². The average molecular weight is 248 g/mol. The molecule has 90 valence electrons. The summed E-state index contributed by atoms with van der Waals surface area (Å²) in [7, 11) is 0. The molecule has 1 aliphatic rings. The topological polar surface area (TPSA) is 61.6 Å². The number of aromatic nitrogens is 2. The Bertz CT molecular complexity index is 404. The van der Waals surface area contributed by atoms with E-state index in [0.717, 1.165) is 12.4 Å². The zero-order valence-corrected chi connectivity index (χ0v) is 10.8. The first-order chi connectivity index (χ1) is 8.28. The monoisotopic (exact) mass is 248 g/mol. The quantitative estimate of drug-likeness (QED) is 0.886. The lowest BCUT2D eigenvalue weighted by Crippen LogP contribution is -2.30. The molecule has 1 aromatic rings. The van der Waals surface area contributed by atoms with E-state index in [0.29, 0.717) is 10.4 Å². The molecule has 0 aliphatic heterocycles. The van der Waals surface area contributed by atoms with E-state index in [9.17, 15) is 0 Å². The molecular weight excluding hydrogens is 232 g/mol. The molecule has 2 rings (SSSR count). The summed E-state index contributed by atoms with van der Waals surface area (Å²) < 4.78 is 0.357. The Morgan fingerprint density at radius 1 is 1.41 bits per heavy atom. The Balaban J connectivity index is 1.94. The Hall–Kier alpha value is -1.28. The van der Waals surface area contributed by atoms with Crippen molar-refractivity contribution in [2.75, 3.05) is 18.1 Å². The summed E-state index contributed by atoms with van der Waals surface area (Å²) >= 11 is 1.94. The maximum absolute atomic E-state index is 8.63. The highest BCUT2D eigenvalue weighted by Gasteiger charge is 2.32. The fraction of sp³-hybridized carbons (Fsp3) is 0.583. The van der Waals surface area contributed by atoms with E-state index >= 15 is 0 Å². The van der Waals surface area contributed by atoms with Gasteiger partial charge in [-0.1, -0.05) is 12.8 Å². The summed E-state index contributed by atoms with van der Waals surface area (Å²) in [5.41, 5.74) is 0.357. The largest absolute Gasteiger partial charge is 0.367 e. The summed E-state index contributed by atoms with van der Waals surface area (Å²) in [5, 5.41) is 12.0. The molecule has 0 unspecified atom stereocenters. The summed E-state index contributed by atoms with van der Waals surface area (Å²) in [6, 6.07) is 1.96. The second-order valence-electron chi connectivity index (χ2n) is 4.35. The molecule has 0 aromatic carbocycles. The van der Waals surface area contributed by atoms with E-state index < -0.39 is 0 Å². The Kier molecular flexibility index (Phi) is 3.85. The molecular formula is C12H16N4S. The van der Waals surface area contributed by atoms with Gasteiger partial charge in [-0.3, -0.25) is 0 Å². The van der Waals surface area contributed by atoms with Crippen LogP contribution in [0.1, 0.15) is 31.4 Å². The predicted molar refractivity (Wildman–Crippen MR) is 70.0 cm³/mol. The van der Waals surface area contributed by atoms with Crippen molar-refractivity contribution in [2.45, 2.75) is 30.4 Å². The SMILES string of the molecule is CSC1(CNc2cnc(C#N)cn2)CCCC1. The fourth-order valence-corrected chi connectivity index (χ4v) is 3.11. The minimum atomic E-state index is 0.357. The van der Waals surface area contributed by atoms with E-state index in [-0.39, 0.29) is 0 Å². The molecule has 4 nitrogen and oxygen atoms in total. The number of nitriles is 1. The first kappa shape index (κ1) is 12.2. The molecule has 1 heterocycles. The number of nitrogens with one attached hydrogen (secondary N) is 1. The lowest BCUT2D eigenvalue weighted by molar-refractivity contribution is 0.638. The van der Waals surface area contributed by atoms with Crippen LogP contribution in [0.5, 0.6) is 0 Å². The Morgan fingerprint density at radius 2 is 2.18 bits per heavy atom. The van der Waals surface area contributed by atoms with Gasteiger partial charge in [0.2, 0.25) is 0 Å². The molecule has 0 atom stereocenters. The van der Waals surface area contributed by atoms with E-state index in [2.05, 4.69) is 21.5 Å². The van der Waals surface area contributed by atoms with Crippen LogP contribution < -0.4 is 5.32 Å². The van der Waals surface area contributed by atoms with Gasteiger partial charge < -0.3 is 5.32 Å². The molecule has 17 heavy (non-hydrogen) atoms. The number of anilines is 1.